The van der Waals surface area contributed by atoms with Crippen LogP contribution in [0.3, 0.4) is 0 Å². The van der Waals surface area contributed by atoms with Gasteiger partial charge < -0.3 is 0 Å². The summed E-state index contributed by atoms with van der Waals surface area (Å²) < 4.78 is 28.3. The molecule has 0 atom stereocenters. The van der Waals surface area contributed by atoms with E-state index in [1.165, 1.54) is 11.7 Å². The van der Waals surface area contributed by atoms with Gasteiger partial charge in [-0.15, -0.1) is 11.3 Å². The van der Waals surface area contributed by atoms with Crippen molar-refractivity contribution in [3.05, 3.63) is 59.0 Å². The number of benzene rings is 1. The first kappa shape index (κ1) is 15.2. The van der Waals surface area contributed by atoms with Gasteiger partial charge in [0.25, 0.3) is 10.0 Å². The number of nitrogens with one attached hydrogen (secondary N) is 1. The molecule has 0 saturated heterocycles. The number of nitrogens with zero attached hydrogens (tertiary/aromatic N) is 3. The van der Waals surface area contributed by atoms with Crippen molar-refractivity contribution in [2.75, 3.05) is 0 Å². The molecule has 0 unspecified atom stereocenters. The predicted molar refractivity (Wildman–Crippen MR) is 84.7 cm³/mol. The number of sulfonamides is 1. The third kappa shape index (κ3) is 3.36. The summed E-state index contributed by atoms with van der Waals surface area (Å²) in [5.41, 5.74) is 2.94. The molecule has 6 nitrogen and oxygen atoms in total. The van der Waals surface area contributed by atoms with Crippen LogP contribution in [0.25, 0.3) is 5.69 Å². The lowest BCUT2D eigenvalue weighted by atomic mass is 10.3. The molecule has 0 fully saturated rings. The fourth-order valence-electron chi connectivity index (χ4n) is 1.77. The highest BCUT2D eigenvalue weighted by molar-refractivity contribution is 7.91. The lowest BCUT2D eigenvalue weighted by Gasteiger charge is -2.03. The fourth-order valence-corrected chi connectivity index (χ4v) is 3.74. The Balaban J connectivity index is 1.71. The van der Waals surface area contributed by atoms with Gasteiger partial charge in [-0.25, -0.2) is 17.8 Å². The van der Waals surface area contributed by atoms with Crippen molar-refractivity contribution in [2.45, 2.75) is 10.8 Å². The average Bonchev–Trinajstić information content (AvgIpc) is 3.18. The summed E-state index contributed by atoms with van der Waals surface area (Å²) in [6, 6.07) is 8.96. The summed E-state index contributed by atoms with van der Waals surface area (Å²) in [6.45, 7) is 0.112. The van der Waals surface area contributed by atoms with Crippen molar-refractivity contribution in [3.8, 4) is 5.69 Å². The minimum atomic E-state index is -3.54. The Kier molecular flexibility index (Phi) is 4.25. The minimum absolute atomic E-state index is 0.112. The second-order valence-electron chi connectivity index (χ2n) is 4.37. The van der Waals surface area contributed by atoms with Crippen molar-refractivity contribution >= 4 is 33.0 Å². The Bertz CT molecular complexity index is 858. The van der Waals surface area contributed by atoms with E-state index in [2.05, 4.69) is 14.8 Å². The van der Waals surface area contributed by atoms with E-state index in [0.717, 1.165) is 17.0 Å². The lowest BCUT2D eigenvalue weighted by molar-refractivity contribution is 0.582. The van der Waals surface area contributed by atoms with Crippen LogP contribution in [0.15, 0.2) is 52.4 Å². The average molecular weight is 355 g/mol. The second-order valence-corrected chi connectivity index (χ2v) is 7.69. The molecule has 3 aromatic rings. The Labute approximate surface area is 136 Å². The molecule has 0 aliphatic carbocycles. The maximum Gasteiger partial charge on any atom is 0.252 e. The van der Waals surface area contributed by atoms with Crippen LogP contribution in [0.2, 0.25) is 5.02 Å². The van der Waals surface area contributed by atoms with E-state index in [0.29, 0.717) is 10.7 Å². The van der Waals surface area contributed by atoms with E-state index in [1.807, 2.05) is 12.1 Å². The van der Waals surface area contributed by atoms with Gasteiger partial charge >= 0.3 is 0 Å². The molecular formula is C13H11ClN4O2S2. The van der Waals surface area contributed by atoms with Crippen LogP contribution < -0.4 is 4.72 Å². The van der Waals surface area contributed by atoms with Gasteiger partial charge in [-0.2, -0.15) is 5.10 Å². The Morgan fingerprint density at radius 2 is 2.00 bits per heavy atom. The maximum absolute atomic E-state index is 12.0. The molecule has 2 heterocycles. The van der Waals surface area contributed by atoms with Gasteiger partial charge in [-0.3, -0.25) is 4.98 Å². The zero-order valence-electron chi connectivity index (χ0n) is 11.2. The molecule has 114 valence electrons. The van der Waals surface area contributed by atoms with E-state index in [9.17, 15) is 8.42 Å². The molecule has 9 heteroatoms. The lowest BCUT2D eigenvalue weighted by Crippen LogP contribution is -2.22. The van der Waals surface area contributed by atoms with Gasteiger partial charge in [0.15, 0.2) is 4.21 Å². The van der Waals surface area contributed by atoms with Crippen LogP contribution in [0.1, 0.15) is 5.69 Å². The summed E-state index contributed by atoms with van der Waals surface area (Å²) in [6.07, 6.45) is 3.08. The molecule has 0 saturated carbocycles. The molecule has 0 aliphatic heterocycles. The molecule has 3 rings (SSSR count). The van der Waals surface area contributed by atoms with Crippen molar-refractivity contribution in [1.82, 2.24) is 19.5 Å². The molecule has 22 heavy (non-hydrogen) atoms. The van der Waals surface area contributed by atoms with Gasteiger partial charge in [0.2, 0.25) is 0 Å². The monoisotopic (exact) mass is 354 g/mol. The first-order valence-corrected chi connectivity index (χ1v) is 8.97. The zero-order chi connectivity index (χ0) is 15.6. The molecule has 2 aromatic heterocycles. The maximum atomic E-state index is 12.0. The zero-order valence-corrected chi connectivity index (χ0v) is 13.6. The third-order valence-corrected chi connectivity index (χ3v) is 5.78. The van der Waals surface area contributed by atoms with Crippen LogP contribution in [0.5, 0.6) is 0 Å². The molecule has 1 aromatic carbocycles. The number of halogens is 1. The highest BCUT2D eigenvalue weighted by atomic mass is 35.5. The summed E-state index contributed by atoms with van der Waals surface area (Å²) in [7, 11) is -3.54. The topological polar surface area (TPSA) is 76.9 Å². The number of hydrogen-bond acceptors (Lipinski definition) is 5. The number of thiazole rings is 1. The van der Waals surface area contributed by atoms with E-state index in [4.69, 9.17) is 11.6 Å². The number of aromatic nitrogens is 3. The van der Waals surface area contributed by atoms with Crippen molar-refractivity contribution < 1.29 is 8.42 Å². The summed E-state index contributed by atoms with van der Waals surface area (Å²) in [5.74, 6) is 0. The van der Waals surface area contributed by atoms with Crippen LogP contribution in [0, 0.1) is 0 Å². The quantitative estimate of drug-likeness (QED) is 0.763. The van der Waals surface area contributed by atoms with Gasteiger partial charge in [-0.1, -0.05) is 11.6 Å². The van der Waals surface area contributed by atoms with E-state index < -0.39 is 10.0 Å². The highest BCUT2D eigenvalue weighted by Gasteiger charge is 2.15. The van der Waals surface area contributed by atoms with Crippen LogP contribution in [0.4, 0.5) is 0 Å². The van der Waals surface area contributed by atoms with Crippen molar-refractivity contribution in [2.24, 2.45) is 0 Å². The minimum Gasteiger partial charge on any atom is -0.252 e. The van der Waals surface area contributed by atoms with E-state index in [1.54, 1.807) is 29.1 Å². The summed E-state index contributed by atoms with van der Waals surface area (Å²) >= 11 is 6.91. The predicted octanol–water partition coefficient (Wildman–Crippen LogP) is 2.46. The third-order valence-electron chi connectivity index (χ3n) is 2.85. The second kappa shape index (κ2) is 6.17. The molecule has 0 spiro atoms. The van der Waals surface area contributed by atoms with Crippen LogP contribution in [-0.2, 0) is 16.6 Å². The smallest absolute Gasteiger partial charge is 0.252 e. The van der Waals surface area contributed by atoms with Gasteiger partial charge in [0, 0.05) is 11.2 Å². The molecule has 0 amide bonds. The van der Waals surface area contributed by atoms with E-state index >= 15 is 0 Å². The van der Waals surface area contributed by atoms with Gasteiger partial charge in [0.1, 0.15) is 0 Å². The summed E-state index contributed by atoms with van der Waals surface area (Å²) in [5, 5.41) is 4.98. The van der Waals surface area contributed by atoms with Crippen LogP contribution >= 0.6 is 22.9 Å². The highest BCUT2D eigenvalue weighted by Crippen LogP contribution is 2.15. The van der Waals surface area contributed by atoms with Crippen LogP contribution in [-0.4, -0.2) is 23.2 Å². The Hall–Kier alpha value is -1.74. The first-order chi connectivity index (χ1) is 10.5. The molecule has 0 aliphatic rings. The fraction of sp³-hybridized carbons (Fsp3) is 0.0769. The number of rotatable bonds is 5. The van der Waals surface area contributed by atoms with Gasteiger partial charge in [0.05, 0.1) is 29.6 Å². The van der Waals surface area contributed by atoms with Crippen molar-refractivity contribution in [3.63, 3.8) is 0 Å². The molecule has 0 bridgehead atoms. The van der Waals surface area contributed by atoms with Crippen molar-refractivity contribution in [1.29, 1.82) is 0 Å². The largest absolute Gasteiger partial charge is 0.252 e. The normalized spacial score (nSPS) is 11.7. The standard InChI is InChI=1S/C13H11ClN4O2S2/c14-10-1-3-12(4-2-10)18-6-5-11(17-18)7-16-22(19,20)13-8-15-9-21-13/h1-6,8-9,16H,7H2. The molecular weight excluding hydrogens is 344 g/mol. The number of hydrogen-bond donors (Lipinski definition) is 1. The molecule has 0 radical (unpaired) electrons. The van der Waals surface area contributed by atoms with E-state index in [-0.39, 0.29) is 10.8 Å². The first-order valence-electron chi connectivity index (χ1n) is 6.23. The molecule has 1 N–H and O–H groups in total. The van der Waals surface area contributed by atoms with Gasteiger partial charge in [-0.05, 0) is 30.3 Å². The Morgan fingerprint density at radius 1 is 1.23 bits per heavy atom. The Morgan fingerprint density at radius 3 is 2.68 bits per heavy atom. The SMILES string of the molecule is O=S(=O)(NCc1ccn(-c2ccc(Cl)cc2)n1)c1cncs1. The summed E-state index contributed by atoms with van der Waals surface area (Å²) in [4.78, 5) is 3.76.